The zero-order chi connectivity index (χ0) is 20.5. The fourth-order valence-electron chi connectivity index (χ4n) is 3.29. The molecule has 1 aliphatic rings. The highest BCUT2D eigenvalue weighted by Crippen LogP contribution is 2.41. The van der Waals surface area contributed by atoms with Crippen LogP contribution in [-0.4, -0.2) is 33.3 Å². The SMILES string of the molecule is COc1ccc2c(c1)OC(C)(C)CC2NC(=O)c1ccccc1NS(C)(=O)=O. The Hall–Kier alpha value is -2.74. The number of sulfonamides is 1. The molecule has 0 saturated carbocycles. The van der Waals surface area contributed by atoms with Crippen molar-refractivity contribution in [1.29, 1.82) is 0 Å². The summed E-state index contributed by atoms with van der Waals surface area (Å²) < 4.78 is 36.9. The summed E-state index contributed by atoms with van der Waals surface area (Å²) in [6.07, 6.45) is 1.62. The third-order valence-corrected chi connectivity index (χ3v) is 5.04. The molecule has 0 fully saturated rings. The van der Waals surface area contributed by atoms with Crippen molar-refractivity contribution in [3.8, 4) is 11.5 Å². The van der Waals surface area contributed by atoms with E-state index in [1.54, 1.807) is 37.4 Å². The molecule has 2 N–H and O–H groups in total. The van der Waals surface area contributed by atoms with Crippen LogP contribution in [0.2, 0.25) is 0 Å². The Morgan fingerprint density at radius 1 is 1.21 bits per heavy atom. The van der Waals surface area contributed by atoms with Crippen molar-refractivity contribution in [2.24, 2.45) is 0 Å². The second-order valence-corrected chi connectivity index (χ2v) is 9.16. The molecule has 0 radical (unpaired) electrons. The zero-order valence-electron chi connectivity index (χ0n) is 16.3. The van der Waals surface area contributed by atoms with Gasteiger partial charge in [-0.15, -0.1) is 0 Å². The van der Waals surface area contributed by atoms with Gasteiger partial charge in [-0.05, 0) is 38.1 Å². The van der Waals surface area contributed by atoms with Crippen LogP contribution < -0.4 is 19.5 Å². The van der Waals surface area contributed by atoms with Gasteiger partial charge in [0, 0.05) is 18.1 Å². The van der Waals surface area contributed by atoms with Crippen LogP contribution in [0.3, 0.4) is 0 Å². The summed E-state index contributed by atoms with van der Waals surface area (Å²) in [4.78, 5) is 13.0. The Morgan fingerprint density at radius 3 is 2.61 bits per heavy atom. The first-order valence-electron chi connectivity index (χ1n) is 8.82. The molecule has 1 unspecified atom stereocenters. The van der Waals surface area contributed by atoms with Gasteiger partial charge in [0.05, 0.1) is 30.7 Å². The van der Waals surface area contributed by atoms with Gasteiger partial charge in [-0.1, -0.05) is 12.1 Å². The molecule has 150 valence electrons. The van der Waals surface area contributed by atoms with Gasteiger partial charge in [-0.25, -0.2) is 8.42 Å². The van der Waals surface area contributed by atoms with E-state index in [0.717, 1.165) is 11.8 Å². The number of para-hydroxylation sites is 1. The van der Waals surface area contributed by atoms with Crippen LogP contribution in [0, 0.1) is 0 Å². The first kappa shape index (κ1) is 20.0. The number of ether oxygens (including phenoxy) is 2. The van der Waals surface area contributed by atoms with Gasteiger partial charge in [0.15, 0.2) is 0 Å². The van der Waals surface area contributed by atoms with Crippen LogP contribution in [0.15, 0.2) is 42.5 Å². The minimum absolute atomic E-state index is 0.240. The third-order valence-electron chi connectivity index (χ3n) is 4.45. The second kappa shape index (κ2) is 7.35. The molecule has 1 heterocycles. The first-order chi connectivity index (χ1) is 13.1. The molecule has 0 bridgehead atoms. The van der Waals surface area contributed by atoms with Crippen molar-refractivity contribution in [1.82, 2.24) is 5.32 Å². The van der Waals surface area contributed by atoms with Gasteiger partial charge in [-0.3, -0.25) is 9.52 Å². The maximum Gasteiger partial charge on any atom is 0.253 e. The van der Waals surface area contributed by atoms with E-state index in [4.69, 9.17) is 9.47 Å². The summed E-state index contributed by atoms with van der Waals surface area (Å²) >= 11 is 0. The first-order valence-corrected chi connectivity index (χ1v) is 10.7. The molecular formula is C20H24N2O5S. The summed E-state index contributed by atoms with van der Waals surface area (Å²) in [5.74, 6) is 0.962. The molecule has 7 nitrogen and oxygen atoms in total. The van der Waals surface area contributed by atoms with E-state index in [1.165, 1.54) is 0 Å². The monoisotopic (exact) mass is 404 g/mol. The molecule has 0 aliphatic carbocycles. The minimum Gasteiger partial charge on any atom is -0.497 e. The number of fused-ring (bicyclic) bond motifs is 1. The molecular weight excluding hydrogens is 380 g/mol. The van der Waals surface area contributed by atoms with E-state index in [0.29, 0.717) is 17.9 Å². The van der Waals surface area contributed by atoms with Crippen molar-refractivity contribution in [2.45, 2.75) is 31.9 Å². The van der Waals surface area contributed by atoms with E-state index in [-0.39, 0.29) is 23.2 Å². The van der Waals surface area contributed by atoms with E-state index >= 15 is 0 Å². The highest BCUT2D eigenvalue weighted by Gasteiger charge is 2.35. The van der Waals surface area contributed by atoms with E-state index in [9.17, 15) is 13.2 Å². The van der Waals surface area contributed by atoms with Crippen LogP contribution in [0.25, 0.3) is 0 Å². The topological polar surface area (TPSA) is 93.7 Å². The molecule has 1 aliphatic heterocycles. The Bertz CT molecular complexity index is 1000. The molecule has 0 aromatic heterocycles. The standard InChI is InChI=1S/C20H24N2O5S/c1-20(2)12-17(14-10-9-13(26-3)11-18(14)27-20)21-19(23)15-7-5-6-8-16(15)22-28(4,24)25/h5-11,17,22H,12H2,1-4H3,(H,21,23). The highest BCUT2D eigenvalue weighted by atomic mass is 32.2. The predicted octanol–water partition coefficient (Wildman–Crippen LogP) is 3.10. The lowest BCUT2D eigenvalue weighted by Gasteiger charge is -2.38. The van der Waals surface area contributed by atoms with Gasteiger partial charge in [0.25, 0.3) is 5.91 Å². The van der Waals surface area contributed by atoms with Crippen LogP contribution in [0.5, 0.6) is 11.5 Å². The number of carbonyl (C=O) groups is 1. The highest BCUT2D eigenvalue weighted by molar-refractivity contribution is 7.92. The Labute approximate surface area is 165 Å². The second-order valence-electron chi connectivity index (χ2n) is 7.42. The summed E-state index contributed by atoms with van der Waals surface area (Å²) in [7, 11) is -1.92. The average molecular weight is 404 g/mol. The van der Waals surface area contributed by atoms with Gasteiger partial charge in [0.1, 0.15) is 17.1 Å². The largest absolute Gasteiger partial charge is 0.497 e. The maximum atomic E-state index is 13.0. The quantitative estimate of drug-likeness (QED) is 0.799. The van der Waals surface area contributed by atoms with Gasteiger partial charge < -0.3 is 14.8 Å². The normalized spacial score (nSPS) is 17.8. The van der Waals surface area contributed by atoms with Crippen LogP contribution in [0.1, 0.15) is 42.2 Å². The lowest BCUT2D eigenvalue weighted by atomic mass is 9.89. The zero-order valence-corrected chi connectivity index (χ0v) is 17.1. The number of hydrogen-bond acceptors (Lipinski definition) is 5. The fraction of sp³-hybridized carbons (Fsp3) is 0.350. The molecule has 8 heteroatoms. The van der Waals surface area contributed by atoms with Crippen molar-refractivity contribution < 1.29 is 22.7 Å². The number of anilines is 1. The average Bonchev–Trinajstić information content (AvgIpc) is 2.59. The number of methoxy groups -OCH3 is 1. The van der Waals surface area contributed by atoms with Crippen LogP contribution in [0.4, 0.5) is 5.69 Å². The smallest absolute Gasteiger partial charge is 0.253 e. The van der Waals surface area contributed by atoms with Crippen LogP contribution in [-0.2, 0) is 10.0 Å². The maximum absolute atomic E-state index is 13.0. The van der Waals surface area contributed by atoms with Crippen molar-refractivity contribution >= 4 is 21.6 Å². The van der Waals surface area contributed by atoms with E-state index in [1.807, 2.05) is 26.0 Å². The van der Waals surface area contributed by atoms with Gasteiger partial charge in [0.2, 0.25) is 10.0 Å². The van der Waals surface area contributed by atoms with Gasteiger partial charge in [-0.2, -0.15) is 0 Å². The number of hydrogen-bond donors (Lipinski definition) is 2. The van der Waals surface area contributed by atoms with Gasteiger partial charge >= 0.3 is 0 Å². The summed E-state index contributed by atoms with van der Waals surface area (Å²) in [6, 6.07) is 11.7. The lowest BCUT2D eigenvalue weighted by molar-refractivity contribution is 0.0617. The number of benzene rings is 2. The number of rotatable bonds is 5. The Morgan fingerprint density at radius 2 is 1.93 bits per heavy atom. The molecule has 28 heavy (non-hydrogen) atoms. The minimum atomic E-state index is -3.51. The van der Waals surface area contributed by atoms with Crippen molar-refractivity contribution in [3.63, 3.8) is 0 Å². The Balaban J connectivity index is 1.91. The van der Waals surface area contributed by atoms with E-state index in [2.05, 4.69) is 10.0 Å². The molecule has 2 aromatic rings. The molecule has 2 aromatic carbocycles. The molecule has 0 saturated heterocycles. The number of nitrogens with one attached hydrogen (secondary N) is 2. The molecule has 0 spiro atoms. The predicted molar refractivity (Wildman–Crippen MR) is 107 cm³/mol. The summed E-state index contributed by atoms with van der Waals surface area (Å²) in [5.41, 5.74) is 0.861. The molecule has 3 rings (SSSR count). The van der Waals surface area contributed by atoms with Crippen molar-refractivity contribution in [3.05, 3.63) is 53.6 Å². The van der Waals surface area contributed by atoms with E-state index < -0.39 is 15.6 Å². The number of amides is 1. The lowest BCUT2D eigenvalue weighted by Crippen LogP contribution is -2.41. The summed E-state index contributed by atoms with van der Waals surface area (Å²) in [5, 5.41) is 3.02. The molecule has 1 amide bonds. The van der Waals surface area contributed by atoms with Crippen LogP contribution >= 0.6 is 0 Å². The third kappa shape index (κ3) is 4.56. The Kier molecular flexibility index (Phi) is 5.25. The molecule has 1 atom stereocenters. The number of carbonyl (C=O) groups excluding carboxylic acids is 1. The fourth-order valence-corrected chi connectivity index (χ4v) is 3.87. The van der Waals surface area contributed by atoms with Crippen molar-refractivity contribution in [2.75, 3.05) is 18.1 Å². The summed E-state index contributed by atoms with van der Waals surface area (Å²) in [6.45, 7) is 3.90.